The fourth-order valence-corrected chi connectivity index (χ4v) is 4.91. The summed E-state index contributed by atoms with van der Waals surface area (Å²) in [6.07, 6.45) is 3.94. The number of amides is 2. The monoisotopic (exact) mass is 552 g/mol. The maximum Gasteiger partial charge on any atom is 0.243 e. The lowest BCUT2D eigenvalue weighted by molar-refractivity contribution is -0.128. The molecule has 1 fully saturated rings. The molecule has 0 spiro atoms. The van der Waals surface area contributed by atoms with Crippen molar-refractivity contribution in [2.24, 2.45) is 0 Å². The van der Waals surface area contributed by atoms with E-state index in [0.29, 0.717) is 12.4 Å². The topological polar surface area (TPSA) is 99.2 Å². The van der Waals surface area contributed by atoms with Crippen LogP contribution in [-0.4, -0.2) is 54.0 Å². The van der Waals surface area contributed by atoms with Crippen LogP contribution in [0.5, 0.6) is 0 Å². The third-order valence-corrected chi connectivity index (χ3v) is 6.99. The molecular formula is C27H33BrN6O2. The Kier molecular flexibility index (Phi) is 8.40. The van der Waals surface area contributed by atoms with Gasteiger partial charge in [-0.1, -0.05) is 40.2 Å². The highest BCUT2D eigenvalue weighted by Gasteiger charge is 2.27. The number of aromatic nitrogens is 2. The van der Waals surface area contributed by atoms with E-state index in [0.717, 1.165) is 52.4 Å². The second-order valence-electron chi connectivity index (χ2n) is 9.57. The fourth-order valence-electron chi connectivity index (χ4n) is 4.64. The summed E-state index contributed by atoms with van der Waals surface area (Å²) in [6, 6.07) is 15.5. The van der Waals surface area contributed by atoms with Crippen molar-refractivity contribution < 1.29 is 9.59 Å². The van der Waals surface area contributed by atoms with Crippen LogP contribution in [0.1, 0.15) is 38.2 Å². The second kappa shape index (κ2) is 11.7. The fraction of sp³-hybridized carbons (Fsp3) is 0.407. The van der Waals surface area contributed by atoms with E-state index >= 15 is 0 Å². The van der Waals surface area contributed by atoms with Gasteiger partial charge in [-0.05, 0) is 55.5 Å². The number of nitrogens with zero attached hydrogens (tertiary/aromatic N) is 3. The Morgan fingerprint density at radius 1 is 1.00 bits per heavy atom. The highest BCUT2D eigenvalue weighted by molar-refractivity contribution is 9.10. The average molecular weight is 554 g/mol. The third-order valence-electron chi connectivity index (χ3n) is 6.46. The molecule has 8 nitrogen and oxygen atoms in total. The van der Waals surface area contributed by atoms with E-state index < -0.39 is 6.04 Å². The Balaban J connectivity index is 1.34. The number of carbonyl (C=O) groups is 2. The Hall–Kier alpha value is -3.20. The molecule has 3 N–H and O–H groups in total. The zero-order chi connectivity index (χ0) is 25.7. The van der Waals surface area contributed by atoms with Gasteiger partial charge >= 0.3 is 0 Å². The molecule has 36 heavy (non-hydrogen) atoms. The Bertz CT molecular complexity index is 1210. The van der Waals surface area contributed by atoms with Gasteiger partial charge in [0.15, 0.2) is 0 Å². The maximum atomic E-state index is 13.0. The van der Waals surface area contributed by atoms with Gasteiger partial charge in [0.2, 0.25) is 17.8 Å². The quantitative estimate of drug-likeness (QED) is 0.390. The number of nitrogens with one attached hydrogen (secondary N) is 3. The number of fused-ring (bicyclic) bond motifs is 1. The summed E-state index contributed by atoms with van der Waals surface area (Å²) in [5, 5.41) is 10.5. The molecule has 2 amide bonds. The van der Waals surface area contributed by atoms with E-state index in [1.165, 1.54) is 6.92 Å². The number of carbonyl (C=O) groups excluding carboxylic acids is 2. The molecule has 2 aromatic carbocycles. The van der Waals surface area contributed by atoms with Crippen LogP contribution in [0.3, 0.4) is 0 Å². The van der Waals surface area contributed by atoms with E-state index in [1.807, 2.05) is 67.5 Å². The van der Waals surface area contributed by atoms with E-state index in [4.69, 9.17) is 9.97 Å². The van der Waals surface area contributed by atoms with Crippen molar-refractivity contribution in [3.05, 3.63) is 58.6 Å². The zero-order valence-electron chi connectivity index (χ0n) is 20.9. The molecule has 1 aliphatic rings. The first-order valence-electron chi connectivity index (χ1n) is 12.3. The smallest absolute Gasteiger partial charge is 0.243 e. The minimum absolute atomic E-state index is 0.0755. The first-order chi connectivity index (χ1) is 17.3. The van der Waals surface area contributed by atoms with Gasteiger partial charge in [-0.25, -0.2) is 4.98 Å². The van der Waals surface area contributed by atoms with Crippen LogP contribution in [-0.2, 0) is 16.0 Å². The van der Waals surface area contributed by atoms with Crippen molar-refractivity contribution in [1.29, 1.82) is 0 Å². The van der Waals surface area contributed by atoms with Crippen LogP contribution >= 0.6 is 15.9 Å². The van der Waals surface area contributed by atoms with Gasteiger partial charge in [0.25, 0.3) is 0 Å². The highest BCUT2D eigenvalue weighted by atomic mass is 79.9. The van der Waals surface area contributed by atoms with Crippen molar-refractivity contribution in [2.45, 2.75) is 57.2 Å². The minimum atomic E-state index is -0.602. The molecule has 1 atom stereocenters. The zero-order valence-corrected chi connectivity index (χ0v) is 22.5. The van der Waals surface area contributed by atoms with Crippen molar-refractivity contribution in [2.75, 3.05) is 24.3 Å². The molecule has 3 aromatic rings. The van der Waals surface area contributed by atoms with Crippen LogP contribution in [0.4, 0.5) is 11.8 Å². The van der Waals surface area contributed by atoms with Crippen LogP contribution < -0.4 is 20.9 Å². The molecule has 1 unspecified atom stereocenters. The number of para-hydroxylation sites is 1. The van der Waals surface area contributed by atoms with Gasteiger partial charge in [0.1, 0.15) is 11.9 Å². The summed E-state index contributed by atoms with van der Waals surface area (Å²) in [7, 11) is 3.97. The minimum Gasteiger partial charge on any atom is -0.362 e. The lowest BCUT2D eigenvalue weighted by atomic mass is 9.91. The maximum absolute atomic E-state index is 13.0. The lowest BCUT2D eigenvalue weighted by Crippen LogP contribution is -2.51. The predicted molar refractivity (Wildman–Crippen MR) is 147 cm³/mol. The molecule has 1 aromatic heterocycles. The molecular weight excluding hydrogens is 520 g/mol. The number of halogens is 1. The van der Waals surface area contributed by atoms with E-state index in [2.05, 4.69) is 31.9 Å². The van der Waals surface area contributed by atoms with Crippen LogP contribution in [0.15, 0.2) is 53.0 Å². The van der Waals surface area contributed by atoms with Crippen molar-refractivity contribution >= 4 is 50.4 Å². The third kappa shape index (κ3) is 6.72. The van der Waals surface area contributed by atoms with Crippen molar-refractivity contribution in [3.63, 3.8) is 0 Å². The Labute approximate surface area is 220 Å². The number of anilines is 2. The van der Waals surface area contributed by atoms with Gasteiger partial charge in [0, 0.05) is 49.4 Å². The normalized spacial score (nSPS) is 18.3. The largest absolute Gasteiger partial charge is 0.362 e. The molecule has 9 heteroatoms. The Morgan fingerprint density at radius 2 is 1.67 bits per heavy atom. The van der Waals surface area contributed by atoms with Gasteiger partial charge in [-0.2, -0.15) is 4.98 Å². The van der Waals surface area contributed by atoms with Crippen LogP contribution in [0, 0.1) is 0 Å². The van der Waals surface area contributed by atoms with Gasteiger partial charge in [-0.3, -0.25) is 9.59 Å². The Morgan fingerprint density at radius 3 is 2.33 bits per heavy atom. The molecule has 0 aliphatic heterocycles. The molecule has 1 heterocycles. The van der Waals surface area contributed by atoms with E-state index in [-0.39, 0.29) is 23.9 Å². The number of hydrogen-bond acceptors (Lipinski definition) is 6. The van der Waals surface area contributed by atoms with Crippen LogP contribution in [0.2, 0.25) is 0 Å². The molecule has 0 radical (unpaired) electrons. The predicted octanol–water partition coefficient (Wildman–Crippen LogP) is 4.05. The lowest BCUT2D eigenvalue weighted by Gasteiger charge is -2.31. The second-order valence-corrected chi connectivity index (χ2v) is 10.5. The molecule has 1 saturated carbocycles. The summed E-state index contributed by atoms with van der Waals surface area (Å²) >= 11 is 3.43. The van der Waals surface area contributed by atoms with Gasteiger partial charge < -0.3 is 20.9 Å². The summed E-state index contributed by atoms with van der Waals surface area (Å²) < 4.78 is 0.976. The number of benzene rings is 2. The van der Waals surface area contributed by atoms with Crippen LogP contribution in [0.25, 0.3) is 10.9 Å². The van der Waals surface area contributed by atoms with Gasteiger partial charge in [-0.15, -0.1) is 0 Å². The molecule has 0 saturated heterocycles. The highest BCUT2D eigenvalue weighted by Crippen LogP contribution is 2.26. The summed E-state index contributed by atoms with van der Waals surface area (Å²) in [5.41, 5.74) is 1.90. The molecule has 0 bridgehead atoms. The first-order valence-corrected chi connectivity index (χ1v) is 13.1. The molecule has 190 valence electrons. The molecule has 4 rings (SSSR count). The van der Waals surface area contributed by atoms with Crippen molar-refractivity contribution in [3.8, 4) is 0 Å². The number of hydrogen-bond donors (Lipinski definition) is 3. The SMILES string of the molecule is CC(=O)NC(Cc1ccc(Br)cc1)C(=O)NC1CCC(Nc2nc(N(C)C)c3ccccc3n2)CC1. The summed E-state index contributed by atoms with van der Waals surface area (Å²) in [6.45, 7) is 1.44. The van der Waals surface area contributed by atoms with E-state index in [9.17, 15) is 9.59 Å². The van der Waals surface area contributed by atoms with E-state index in [1.54, 1.807) is 0 Å². The van der Waals surface area contributed by atoms with Crippen molar-refractivity contribution in [1.82, 2.24) is 20.6 Å². The summed E-state index contributed by atoms with van der Waals surface area (Å²) in [4.78, 5) is 36.2. The molecule has 1 aliphatic carbocycles. The number of rotatable bonds is 8. The average Bonchev–Trinajstić information content (AvgIpc) is 2.85. The summed E-state index contributed by atoms with van der Waals surface area (Å²) in [5.74, 6) is 1.16. The first kappa shape index (κ1) is 25.9. The standard InChI is InChI=1S/C27H33BrN6O2/c1-17(35)29-24(16-18-8-10-19(28)11-9-18)26(36)30-20-12-14-21(15-13-20)31-27-32-23-7-5-4-6-22(23)25(33-27)34(2)3/h4-11,20-21,24H,12-16H2,1-3H3,(H,29,35)(H,30,36)(H,31,32,33). The van der Waals surface area contributed by atoms with Gasteiger partial charge in [0.05, 0.1) is 5.52 Å².